The summed E-state index contributed by atoms with van der Waals surface area (Å²) in [5.74, 6) is -1.09. The Morgan fingerprint density at radius 2 is 1.80 bits per heavy atom. The summed E-state index contributed by atoms with van der Waals surface area (Å²) >= 11 is 0. The maximum absolute atomic E-state index is 12.1. The van der Waals surface area contributed by atoms with E-state index in [1.165, 1.54) is 30.3 Å². The summed E-state index contributed by atoms with van der Waals surface area (Å²) in [6.07, 6.45) is -1.32. The van der Waals surface area contributed by atoms with Crippen molar-refractivity contribution in [1.82, 2.24) is 0 Å². The molecule has 0 unspecified atom stereocenters. The van der Waals surface area contributed by atoms with E-state index >= 15 is 0 Å². The smallest absolute Gasteiger partial charge is 0.341 e. The van der Waals surface area contributed by atoms with E-state index in [9.17, 15) is 23.4 Å². The van der Waals surface area contributed by atoms with E-state index in [0.29, 0.717) is 0 Å². The molecule has 8 heteroatoms. The number of rotatable bonds is 6. The number of phenols is 1. The lowest BCUT2D eigenvalue weighted by atomic mass is 10.1. The van der Waals surface area contributed by atoms with Gasteiger partial charge in [-0.15, -0.1) is 0 Å². The zero-order chi connectivity index (χ0) is 18.6. The summed E-state index contributed by atoms with van der Waals surface area (Å²) in [5.41, 5.74) is 0.969. The van der Waals surface area contributed by atoms with Crippen LogP contribution in [0.1, 0.15) is 27.6 Å². The van der Waals surface area contributed by atoms with Crippen molar-refractivity contribution in [2.75, 3.05) is 13.7 Å². The van der Waals surface area contributed by atoms with Crippen LogP contribution >= 0.6 is 0 Å². The Bertz CT molecular complexity index is 857. The van der Waals surface area contributed by atoms with Crippen molar-refractivity contribution < 1.29 is 32.3 Å². The van der Waals surface area contributed by atoms with Crippen LogP contribution in [-0.2, 0) is 19.0 Å². The molecule has 0 aliphatic rings. The Labute approximate surface area is 145 Å². The van der Waals surface area contributed by atoms with Crippen molar-refractivity contribution in [2.45, 2.75) is 17.9 Å². The summed E-state index contributed by atoms with van der Waals surface area (Å²) in [4.78, 5) is 11.5. The van der Waals surface area contributed by atoms with Gasteiger partial charge in [-0.05, 0) is 36.8 Å². The highest BCUT2D eigenvalue weighted by atomic mass is 32.2. The van der Waals surface area contributed by atoms with E-state index < -0.39 is 28.8 Å². The van der Waals surface area contributed by atoms with E-state index in [1.54, 1.807) is 12.1 Å². The predicted octanol–water partition coefficient (Wildman–Crippen LogP) is 1.93. The van der Waals surface area contributed by atoms with Crippen LogP contribution in [0.3, 0.4) is 0 Å². The third-order valence-corrected chi connectivity index (χ3v) is 4.80. The van der Waals surface area contributed by atoms with E-state index in [0.717, 1.165) is 12.7 Å². The van der Waals surface area contributed by atoms with Crippen LogP contribution in [0.25, 0.3) is 0 Å². The number of aliphatic hydroxyl groups excluding tert-OH is 1. The highest BCUT2D eigenvalue weighted by Crippen LogP contribution is 2.24. The summed E-state index contributed by atoms with van der Waals surface area (Å²) in [5, 5.41) is 19.8. The Morgan fingerprint density at radius 3 is 2.40 bits per heavy atom. The van der Waals surface area contributed by atoms with Crippen molar-refractivity contribution in [1.29, 1.82) is 0 Å². The fourth-order valence-corrected chi connectivity index (χ4v) is 2.97. The number of phenolic OH excluding ortho intramolecular Hbond substituents is 1. The molecule has 0 spiro atoms. The van der Waals surface area contributed by atoms with Crippen molar-refractivity contribution >= 4 is 16.1 Å². The molecule has 1 atom stereocenters. The lowest BCUT2D eigenvalue weighted by Gasteiger charge is -2.13. The average molecular weight is 366 g/mol. The molecule has 7 nitrogen and oxygen atoms in total. The van der Waals surface area contributed by atoms with Crippen molar-refractivity contribution in [3.8, 4) is 5.75 Å². The lowest BCUT2D eigenvalue weighted by Crippen LogP contribution is -2.14. The van der Waals surface area contributed by atoms with Gasteiger partial charge in [0.15, 0.2) is 0 Å². The molecular weight excluding hydrogens is 348 g/mol. The molecule has 25 heavy (non-hydrogen) atoms. The van der Waals surface area contributed by atoms with Crippen LogP contribution in [-0.4, -0.2) is 38.3 Å². The number of ether oxygens (including phenoxy) is 1. The molecule has 0 heterocycles. The maximum atomic E-state index is 12.1. The number of esters is 1. The topological polar surface area (TPSA) is 110 Å². The largest absolute Gasteiger partial charge is 0.507 e. The molecular formula is C17H18O7S. The van der Waals surface area contributed by atoms with Gasteiger partial charge in [-0.25, -0.2) is 4.79 Å². The number of aryl methyl sites for hydroxylation is 1. The first-order valence-corrected chi connectivity index (χ1v) is 8.71. The molecule has 0 fully saturated rings. The van der Waals surface area contributed by atoms with E-state index in [2.05, 4.69) is 4.74 Å². The lowest BCUT2D eigenvalue weighted by molar-refractivity contribution is 0.0596. The highest BCUT2D eigenvalue weighted by Gasteiger charge is 2.20. The van der Waals surface area contributed by atoms with Gasteiger partial charge >= 0.3 is 5.97 Å². The number of aromatic hydroxyl groups is 1. The van der Waals surface area contributed by atoms with Crippen molar-refractivity contribution in [3.63, 3.8) is 0 Å². The quantitative estimate of drug-likeness (QED) is 0.594. The van der Waals surface area contributed by atoms with Gasteiger partial charge in [-0.3, -0.25) is 4.18 Å². The van der Waals surface area contributed by atoms with Crippen LogP contribution in [0.15, 0.2) is 47.4 Å². The highest BCUT2D eigenvalue weighted by molar-refractivity contribution is 7.86. The Morgan fingerprint density at radius 1 is 1.16 bits per heavy atom. The van der Waals surface area contributed by atoms with Crippen molar-refractivity contribution in [3.05, 3.63) is 59.2 Å². The van der Waals surface area contributed by atoms with Crippen LogP contribution in [0.5, 0.6) is 5.75 Å². The third kappa shape index (κ3) is 4.56. The zero-order valence-electron chi connectivity index (χ0n) is 13.7. The summed E-state index contributed by atoms with van der Waals surface area (Å²) in [7, 11) is -2.87. The number of hydrogen-bond donors (Lipinski definition) is 2. The molecule has 0 aliphatic heterocycles. The van der Waals surface area contributed by atoms with Gasteiger partial charge in [0.2, 0.25) is 0 Å². The number of carbonyl (C=O) groups excluding carboxylic acids is 1. The minimum absolute atomic E-state index is 0.0220. The van der Waals surface area contributed by atoms with Crippen molar-refractivity contribution in [2.24, 2.45) is 0 Å². The van der Waals surface area contributed by atoms with Crippen LogP contribution in [0.4, 0.5) is 0 Å². The van der Waals surface area contributed by atoms with Gasteiger partial charge < -0.3 is 14.9 Å². The third-order valence-electron chi connectivity index (χ3n) is 3.50. The van der Waals surface area contributed by atoms with Gasteiger partial charge in [0.05, 0.1) is 18.6 Å². The predicted molar refractivity (Wildman–Crippen MR) is 88.7 cm³/mol. The molecule has 134 valence electrons. The first-order valence-electron chi connectivity index (χ1n) is 7.30. The summed E-state index contributed by atoms with van der Waals surface area (Å²) in [6.45, 7) is 1.28. The number of carbonyl (C=O) groups is 1. The van der Waals surface area contributed by atoms with Crippen LogP contribution in [0, 0.1) is 6.92 Å². The van der Waals surface area contributed by atoms with Crippen LogP contribution < -0.4 is 0 Å². The Kier molecular flexibility index (Phi) is 5.78. The molecule has 2 aromatic rings. The number of aliphatic hydroxyl groups is 1. The van der Waals surface area contributed by atoms with Gasteiger partial charge in [0.1, 0.15) is 17.4 Å². The van der Waals surface area contributed by atoms with E-state index in [-0.39, 0.29) is 21.8 Å². The minimum atomic E-state index is -4.02. The molecule has 0 saturated heterocycles. The maximum Gasteiger partial charge on any atom is 0.341 e. The number of methoxy groups -OCH3 is 1. The average Bonchev–Trinajstić information content (AvgIpc) is 2.60. The molecule has 0 saturated carbocycles. The molecule has 0 radical (unpaired) electrons. The molecule has 2 N–H and O–H groups in total. The number of hydrogen-bond acceptors (Lipinski definition) is 7. The normalized spacial score (nSPS) is 12.6. The monoisotopic (exact) mass is 366 g/mol. The number of benzene rings is 2. The first kappa shape index (κ1) is 18.9. The fourth-order valence-electron chi connectivity index (χ4n) is 2.06. The Hall–Kier alpha value is -2.42. The molecule has 2 aromatic carbocycles. The summed E-state index contributed by atoms with van der Waals surface area (Å²) < 4.78 is 33.6. The zero-order valence-corrected chi connectivity index (χ0v) is 14.5. The molecule has 0 aliphatic carbocycles. The van der Waals surface area contributed by atoms with Gasteiger partial charge in [-0.2, -0.15) is 8.42 Å². The molecule has 0 amide bonds. The second-order valence-electron chi connectivity index (χ2n) is 5.34. The second kappa shape index (κ2) is 7.64. The fraction of sp³-hybridized carbons (Fsp3) is 0.235. The Balaban J connectivity index is 2.13. The SMILES string of the molecule is COC(=O)c1cc([C@@H](O)COS(=O)(=O)c2ccc(C)cc2)ccc1O. The van der Waals surface area contributed by atoms with Gasteiger partial charge in [-0.1, -0.05) is 23.8 Å². The minimum Gasteiger partial charge on any atom is -0.507 e. The van der Waals surface area contributed by atoms with E-state index in [4.69, 9.17) is 4.18 Å². The standard InChI is InChI=1S/C17H18O7S/c1-11-3-6-13(7-4-11)25(21,22)24-10-16(19)12-5-8-15(18)14(9-12)17(20)23-2/h3-9,16,18-19H,10H2,1-2H3/t16-/m0/s1. The molecule has 0 aromatic heterocycles. The first-order chi connectivity index (χ1) is 11.7. The van der Waals surface area contributed by atoms with Crippen LogP contribution in [0.2, 0.25) is 0 Å². The van der Waals surface area contributed by atoms with Gasteiger partial charge in [0.25, 0.3) is 10.1 Å². The second-order valence-corrected chi connectivity index (χ2v) is 6.95. The molecule has 0 bridgehead atoms. The van der Waals surface area contributed by atoms with E-state index in [1.807, 2.05) is 6.92 Å². The van der Waals surface area contributed by atoms with Gasteiger partial charge in [0, 0.05) is 0 Å². The summed E-state index contributed by atoms with van der Waals surface area (Å²) in [6, 6.07) is 9.87. The molecule has 2 rings (SSSR count).